The number of fused-ring (bicyclic) bond motifs is 1. The third kappa shape index (κ3) is 2.33. The molecular weight excluding hydrogens is 246 g/mol. The van der Waals surface area contributed by atoms with Gasteiger partial charge in [-0.25, -0.2) is 0 Å². The molecule has 0 bridgehead atoms. The van der Waals surface area contributed by atoms with Crippen molar-refractivity contribution in [1.29, 1.82) is 0 Å². The van der Waals surface area contributed by atoms with Crippen LogP contribution in [0.3, 0.4) is 0 Å². The van der Waals surface area contributed by atoms with Crippen LogP contribution in [-0.2, 0) is 0 Å². The molecule has 0 spiro atoms. The number of aromatic nitrogens is 1. The van der Waals surface area contributed by atoms with Gasteiger partial charge in [0.25, 0.3) is 0 Å². The van der Waals surface area contributed by atoms with Crippen LogP contribution in [0.15, 0.2) is 30.5 Å². The molecule has 0 saturated carbocycles. The number of nitrogens with zero attached hydrogens (tertiary/aromatic N) is 2. The van der Waals surface area contributed by atoms with Crippen LogP contribution < -0.4 is 10.6 Å². The van der Waals surface area contributed by atoms with E-state index in [1.54, 1.807) is 6.20 Å². The van der Waals surface area contributed by atoms with Crippen molar-refractivity contribution < 1.29 is 0 Å². The SMILES string of the molecule is CC(C)C1CCN(c2c(N)cnc3ccccc23)CC1. The van der Waals surface area contributed by atoms with Crippen molar-refractivity contribution in [2.45, 2.75) is 26.7 Å². The summed E-state index contributed by atoms with van der Waals surface area (Å²) in [5.74, 6) is 1.63. The molecule has 2 heterocycles. The van der Waals surface area contributed by atoms with Gasteiger partial charge in [0.2, 0.25) is 0 Å². The van der Waals surface area contributed by atoms with Gasteiger partial charge in [-0.3, -0.25) is 4.98 Å². The normalized spacial score (nSPS) is 17.1. The van der Waals surface area contributed by atoms with E-state index in [1.165, 1.54) is 23.9 Å². The van der Waals surface area contributed by atoms with Crippen molar-refractivity contribution in [2.24, 2.45) is 11.8 Å². The van der Waals surface area contributed by atoms with E-state index in [9.17, 15) is 0 Å². The summed E-state index contributed by atoms with van der Waals surface area (Å²) in [7, 11) is 0. The van der Waals surface area contributed by atoms with Crippen molar-refractivity contribution in [3.05, 3.63) is 30.5 Å². The molecule has 0 unspecified atom stereocenters. The second-order valence-electron chi connectivity index (χ2n) is 6.15. The van der Waals surface area contributed by atoms with Crippen LogP contribution >= 0.6 is 0 Å². The summed E-state index contributed by atoms with van der Waals surface area (Å²) in [6.07, 6.45) is 4.31. The second kappa shape index (κ2) is 5.31. The molecule has 3 nitrogen and oxygen atoms in total. The highest BCUT2D eigenvalue weighted by molar-refractivity contribution is 5.97. The van der Waals surface area contributed by atoms with Crippen LogP contribution in [0.5, 0.6) is 0 Å². The predicted octanol–water partition coefficient (Wildman–Crippen LogP) is 3.69. The van der Waals surface area contributed by atoms with E-state index in [4.69, 9.17) is 5.73 Å². The van der Waals surface area contributed by atoms with E-state index in [1.807, 2.05) is 6.07 Å². The fourth-order valence-electron chi connectivity index (χ4n) is 3.28. The molecule has 0 amide bonds. The van der Waals surface area contributed by atoms with Gasteiger partial charge in [-0.1, -0.05) is 32.0 Å². The number of benzene rings is 1. The minimum absolute atomic E-state index is 0.781. The zero-order chi connectivity index (χ0) is 14.1. The topological polar surface area (TPSA) is 42.1 Å². The largest absolute Gasteiger partial charge is 0.396 e. The Kier molecular flexibility index (Phi) is 3.51. The Morgan fingerprint density at radius 1 is 1.20 bits per heavy atom. The lowest BCUT2D eigenvalue weighted by molar-refractivity contribution is 0.312. The van der Waals surface area contributed by atoms with Gasteiger partial charge in [-0.15, -0.1) is 0 Å². The predicted molar refractivity (Wildman–Crippen MR) is 85.9 cm³/mol. The van der Waals surface area contributed by atoms with E-state index >= 15 is 0 Å². The van der Waals surface area contributed by atoms with E-state index in [2.05, 4.69) is 41.9 Å². The highest BCUT2D eigenvalue weighted by atomic mass is 15.1. The molecule has 3 heteroatoms. The molecule has 1 aliphatic heterocycles. The monoisotopic (exact) mass is 269 g/mol. The molecule has 106 valence electrons. The Labute approximate surface area is 120 Å². The molecule has 2 N–H and O–H groups in total. The summed E-state index contributed by atoms with van der Waals surface area (Å²) in [6.45, 7) is 6.86. The van der Waals surface area contributed by atoms with Gasteiger partial charge in [0.05, 0.1) is 23.1 Å². The summed E-state index contributed by atoms with van der Waals surface area (Å²) in [4.78, 5) is 6.87. The van der Waals surface area contributed by atoms with Gasteiger partial charge in [-0.05, 0) is 30.7 Å². The van der Waals surface area contributed by atoms with Crippen LogP contribution in [0.2, 0.25) is 0 Å². The van der Waals surface area contributed by atoms with E-state index in [-0.39, 0.29) is 0 Å². The van der Waals surface area contributed by atoms with Crippen molar-refractivity contribution in [3.63, 3.8) is 0 Å². The zero-order valence-corrected chi connectivity index (χ0v) is 12.3. The van der Waals surface area contributed by atoms with Gasteiger partial charge in [0.1, 0.15) is 0 Å². The highest BCUT2D eigenvalue weighted by Gasteiger charge is 2.23. The number of hydrogen-bond acceptors (Lipinski definition) is 3. The number of hydrogen-bond donors (Lipinski definition) is 1. The summed E-state index contributed by atoms with van der Waals surface area (Å²) in [5, 5.41) is 1.18. The first-order valence-electron chi connectivity index (χ1n) is 7.55. The van der Waals surface area contributed by atoms with Crippen LogP contribution in [0, 0.1) is 11.8 Å². The average Bonchev–Trinajstić information content (AvgIpc) is 2.47. The van der Waals surface area contributed by atoms with E-state index in [0.29, 0.717) is 0 Å². The lowest BCUT2D eigenvalue weighted by Gasteiger charge is -2.36. The Balaban J connectivity index is 1.93. The fourth-order valence-corrected chi connectivity index (χ4v) is 3.28. The summed E-state index contributed by atoms with van der Waals surface area (Å²) >= 11 is 0. The molecule has 2 aromatic rings. The second-order valence-corrected chi connectivity index (χ2v) is 6.15. The maximum absolute atomic E-state index is 6.21. The third-order valence-corrected chi connectivity index (χ3v) is 4.57. The summed E-state index contributed by atoms with van der Waals surface area (Å²) < 4.78 is 0. The average molecular weight is 269 g/mol. The van der Waals surface area contributed by atoms with Crippen LogP contribution in [-0.4, -0.2) is 18.1 Å². The first kappa shape index (κ1) is 13.2. The maximum atomic E-state index is 6.21. The number of pyridine rings is 1. The van der Waals surface area contributed by atoms with Crippen molar-refractivity contribution in [3.8, 4) is 0 Å². The van der Waals surface area contributed by atoms with Gasteiger partial charge in [-0.2, -0.15) is 0 Å². The Hall–Kier alpha value is -1.77. The fraction of sp³-hybridized carbons (Fsp3) is 0.471. The van der Waals surface area contributed by atoms with Gasteiger partial charge < -0.3 is 10.6 Å². The van der Waals surface area contributed by atoms with Gasteiger partial charge in [0.15, 0.2) is 0 Å². The quantitative estimate of drug-likeness (QED) is 0.904. The van der Waals surface area contributed by atoms with E-state index < -0.39 is 0 Å². The zero-order valence-electron chi connectivity index (χ0n) is 12.3. The third-order valence-electron chi connectivity index (χ3n) is 4.57. The number of rotatable bonds is 2. The highest BCUT2D eigenvalue weighted by Crippen LogP contribution is 2.35. The molecule has 1 aromatic heterocycles. The van der Waals surface area contributed by atoms with Crippen molar-refractivity contribution in [1.82, 2.24) is 4.98 Å². The minimum Gasteiger partial charge on any atom is -0.396 e. The first-order valence-corrected chi connectivity index (χ1v) is 7.55. The molecule has 0 radical (unpaired) electrons. The van der Waals surface area contributed by atoms with Gasteiger partial charge in [0, 0.05) is 18.5 Å². The molecule has 3 rings (SSSR count). The summed E-state index contributed by atoms with van der Waals surface area (Å²) in [5.41, 5.74) is 9.21. The number of nitrogens with two attached hydrogens (primary N) is 1. The van der Waals surface area contributed by atoms with Crippen molar-refractivity contribution >= 4 is 22.3 Å². The van der Waals surface area contributed by atoms with E-state index in [0.717, 1.165) is 36.1 Å². The number of anilines is 2. The Morgan fingerprint density at radius 3 is 2.60 bits per heavy atom. The smallest absolute Gasteiger partial charge is 0.0745 e. The van der Waals surface area contributed by atoms with Crippen molar-refractivity contribution in [2.75, 3.05) is 23.7 Å². The number of nitrogen functional groups attached to an aromatic ring is 1. The molecule has 1 fully saturated rings. The lowest BCUT2D eigenvalue weighted by atomic mass is 9.86. The first-order chi connectivity index (χ1) is 9.66. The number of para-hydroxylation sites is 1. The maximum Gasteiger partial charge on any atom is 0.0745 e. The Morgan fingerprint density at radius 2 is 1.90 bits per heavy atom. The van der Waals surface area contributed by atoms with Crippen LogP contribution in [0.4, 0.5) is 11.4 Å². The lowest BCUT2D eigenvalue weighted by Crippen LogP contribution is -2.35. The molecule has 1 aromatic carbocycles. The summed E-state index contributed by atoms with van der Waals surface area (Å²) in [6, 6.07) is 8.27. The van der Waals surface area contributed by atoms with Crippen LogP contribution in [0.25, 0.3) is 10.9 Å². The standard InChI is InChI=1S/C17H23N3/c1-12(2)13-7-9-20(10-8-13)17-14-5-3-4-6-16(14)19-11-15(17)18/h3-6,11-13H,7-10,18H2,1-2H3. The molecule has 1 aliphatic rings. The van der Waals surface area contributed by atoms with Gasteiger partial charge >= 0.3 is 0 Å². The molecule has 0 atom stereocenters. The van der Waals surface area contributed by atoms with Crippen LogP contribution in [0.1, 0.15) is 26.7 Å². The molecule has 0 aliphatic carbocycles. The molecule has 20 heavy (non-hydrogen) atoms. The molecular formula is C17H23N3. The molecule has 1 saturated heterocycles. The Bertz CT molecular complexity index is 598. The number of piperidine rings is 1. The minimum atomic E-state index is 0.781.